The van der Waals surface area contributed by atoms with E-state index < -0.39 is 11.7 Å². The van der Waals surface area contributed by atoms with Crippen molar-refractivity contribution in [2.75, 3.05) is 11.9 Å². The number of hydrogen-bond acceptors (Lipinski definition) is 3. The molecule has 1 aromatic heterocycles. The molecule has 0 saturated carbocycles. The number of nitrogens with zero attached hydrogens (tertiary/aromatic N) is 2. The van der Waals surface area contributed by atoms with Gasteiger partial charge in [-0.1, -0.05) is 6.07 Å². The SMILES string of the molecule is Cc1ncsc1CN(C)c1ccc(CCl)c(C(F)(F)F)c1. The number of thiazole rings is 1. The second-order valence-electron chi connectivity index (χ2n) is 4.69. The van der Waals surface area contributed by atoms with Crippen LogP contribution in [0.2, 0.25) is 0 Å². The summed E-state index contributed by atoms with van der Waals surface area (Å²) in [6, 6.07) is 4.23. The Bertz CT molecular complexity index is 625. The van der Waals surface area contributed by atoms with Crippen molar-refractivity contribution in [1.82, 2.24) is 4.98 Å². The van der Waals surface area contributed by atoms with Gasteiger partial charge in [-0.05, 0) is 24.6 Å². The summed E-state index contributed by atoms with van der Waals surface area (Å²) in [6.07, 6.45) is -4.40. The van der Waals surface area contributed by atoms with E-state index in [2.05, 4.69) is 4.98 Å². The molecule has 114 valence electrons. The third kappa shape index (κ3) is 3.68. The van der Waals surface area contributed by atoms with Gasteiger partial charge in [0.05, 0.1) is 23.3 Å². The van der Waals surface area contributed by atoms with Crippen LogP contribution in [0, 0.1) is 6.92 Å². The summed E-state index contributed by atoms with van der Waals surface area (Å²) in [5.74, 6) is -0.160. The van der Waals surface area contributed by atoms with Gasteiger partial charge < -0.3 is 4.90 Å². The lowest BCUT2D eigenvalue weighted by atomic mass is 10.1. The Labute approximate surface area is 130 Å². The molecule has 1 aromatic carbocycles. The summed E-state index contributed by atoms with van der Waals surface area (Å²) in [5, 5.41) is 0. The first-order chi connectivity index (χ1) is 9.82. The highest BCUT2D eigenvalue weighted by Gasteiger charge is 2.33. The molecule has 7 heteroatoms. The predicted octanol–water partition coefficient (Wildman–Crippen LogP) is 4.85. The van der Waals surface area contributed by atoms with Crippen molar-refractivity contribution < 1.29 is 13.2 Å². The van der Waals surface area contributed by atoms with Crippen LogP contribution in [0.25, 0.3) is 0 Å². The second kappa shape index (κ2) is 6.23. The summed E-state index contributed by atoms with van der Waals surface area (Å²) in [7, 11) is 1.76. The van der Waals surface area contributed by atoms with Crippen molar-refractivity contribution in [1.29, 1.82) is 0 Å². The Morgan fingerprint density at radius 1 is 1.33 bits per heavy atom. The van der Waals surface area contributed by atoms with Crippen molar-refractivity contribution in [2.45, 2.75) is 25.5 Å². The molecule has 0 N–H and O–H groups in total. The first kappa shape index (κ1) is 16.1. The second-order valence-corrected chi connectivity index (χ2v) is 5.90. The number of aromatic nitrogens is 1. The van der Waals surface area contributed by atoms with E-state index >= 15 is 0 Å². The molecular formula is C14H14ClF3N2S. The summed E-state index contributed by atoms with van der Waals surface area (Å²) in [4.78, 5) is 6.95. The average Bonchev–Trinajstić information content (AvgIpc) is 2.82. The Kier molecular flexibility index (Phi) is 4.78. The largest absolute Gasteiger partial charge is 0.416 e. The van der Waals surface area contributed by atoms with Crippen LogP contribution in [-0.4, -0.2) is 12.0 Å². The lowest BCUT2D eigenvalue weighted by Crippen LogP contribution is -2.18. The van der Waals surface area contributed by atoms with Gasteiger partial charge >= 0.3 is 6.18 Å². The van der Waals surface area contributed by atoms with Crippen molar-refractivity contribution in [3.8, 4) is 0 Å². The van der Waals surface area contributed by atoms with Crippen molar-refractivity contribution in [2.24, 2.45) is 0 Å². The monoisotopic (exact) mass is 334 g/mol. The molecule has 0 aliphatic heterocycles. The van der Waals surface area contributed by atoms with Gasteiger partial charge in [0, 0.05) is 23.5 Å². The quantitative estimate of drug-likeness (QED) is 0.743. The van der Waals surface area contributed by atoms with Crippen LogP contribution < -0.4 is 4.90 Å². The standard InChI is InChI=1S/C14H14ClF3N2S/c1-9-13(21-8-19-9)7-20(2)11-4-3-10(6-15)12(5-11)14(16,17)18/h3-5,8H,6-7H2,1-2H3. The van der Waals surface area contributed by atoms with E-state index in [0.29, 0.717) is 12.2 Å². The smallest absolute Gasteiger partial charge is 0.369 e. The third-order valence-corrected chi connectivity index (χ3v) is 4.42. The van der Waals surface area contributed by atoms with E-state index in [9.17, 15) is 13.2 Å². The number of alkyl halides is 4. The van der Waals surface area contributed by atoms with E-state index in [0.717, 1.165) is 16.6 Å². The number of benzene rings is 1. The summed E-state index contributed by atoms with van der Waals surface area (Å²) in [6.45, 7) is 2.41. The Hall–Kier alpha value is -1.27. The van der Waals surface area contributed by atoms with Gasteiger partial charge in [0.25, 0.3) is 0 Å². The van der Waals surface area contributed by atoms with Crippen LogP contribution in [0.5, 0.6) is 0 Å². The lowest BCUT2D eigenvalue weighted by Gasteiger charge is -2.21. The summed E-state index contributed by atoms with van der Waals surface area (Å²) < 4.78 is 39.1. The third-order valence-electron chi connectivity index (χ3n) is 3.21. The highest BCUT2D eigenvalue weighted by molar-refractivity contribution is 7.09. The molecule has 2 rings (SSSR count). The number of anilines is 1. The number of rotatable bonds is 4. The predicted molar refractivity (Wildman–Crippen MR) is 80.0 cm³/mol. The van der Waals surface area contributed by atoms with Crippen LogP contribution >= 0.6 is 22.9 Å². The van der Waals surface area contributed by atoms with Crippen LogP contribution in [0.1, 0.15) is 21.7 Å². The molecular weight excluding hydrogens is 321 g/mol. The number of hydrogen-bond donors (Lipinski definition) is 0. The molecule has 0 amide bonds. The Morgan fingerprint density at radius 2 is 2.05 bits per heavy atom. The van der Waals surface area contributed by atoms with Gasteiger partial charge in [-0.2, -0.15) is 13.2 Å². The van der Waals surface area contributed by atoms with Gasteiger partial charge in [0.2, 0.25) is 0 Å². The highest BCUT2D eigenvalue weighted by Crippen LogP contribution is 2.35. The fourth-order valence-electron chi connectivity index (χ4n) is 1.97. The zero-order valence-corrected chi connectivity index (χ0v) is 13.1. The zero-order chi connectivity index (χ0) is 15.6. The normalized spacial score (nSPS) is 11.7. The molecule has 0 aliphatic carbocycles. The zero-order valence-electron chi connectivity index (χ0n) is 11.5. The number of halogens is 4. The molecule has 0 radical (unpaired) electrons. The van der Waals surface area contributed by atoms with Crippen LogP contribution in [-0.2, 0) is 18.6 Å². The topological polar surface area (TPSA) is 16.1 Å². The van der Waals surface area contributed by atoms with Crippen LogP contribution in [0.3, 0.4) is 0 Å². The van der Waals surface area contributed by atoms with Gasteiger partial charge in [-0.3, -0.25) is 0 Å². The van der Waals surface area contributed by atoms with E-state index in [-0.39, 0.29) is 11.4 Å². The molecule has 0 atom stereocenters. The highest BCUT2D eigenvalue weighted by atomic mass is 35.5. The Morgan fingerprint density at radius 3 is 2.57 bits per heavy atom. The van der Waals surface area contributed by atoms with Crippen LogP contribution in [0.15, 0.2) is 23.7 Å². The molecule has 0 fully saturated rings. The van der Waals surface area contributed by atoms with Crippen LogP contribution in [0.4, 0.5) is 18.9 Å². The Balaban J connectivity index is 2.30. The maximum atomic E-state index is 13.0. The molecule has 0 bridgehead atoms. The van der Waals surface area contributed by atoms with Crippen molar-refractivity contribution in [3.05, 3.63) is 45.4 Å². The molecule has 0 aliphatic rings. The average molecular weight is 335 g/mol. The fourth-order valence-corrected chi connectivity index (χ4v) is 3.03. The fraction of sp³-hybridized carbons (Fsp3) is 0.357. The van der Waals surface area contributed by atoms with Gasteiger partial charge in [0.1, 0.15) is 0 Å². The van der Waals surface area contributed by atoms with Gasteiger partial charge in [0.15, 0.2) is 0 Å². The van der Waals surface area contributed by atoms with Gasteiger partial charge in [-0.25, -0.2) is 4.98 Å². The molecule has 2 aromatic rings. The van der Waals surface area contributed by atoms with E-state index in [4.69, 9.17) is 11.6 Å². The van der Waals surface area contributed by atoms with Crippen molar-refractivity contribution in [3.63, 3.8) is 0 Å². The van der Waals surface area contributed by atoms with Gasteiger partial charge in [-0.15, -0.1) is 22.9 Å². The van der Waals surface area contributed by atoms with Crippen molar-refractivity contribution >= 4 is 28.6 Å². The first-order valence-corrected chi connectivity index (χ1v) is 7.60. The molecule has 21 heavy (non-hydrogen) atoms. The number of aryl methyl sites for hydroxylation is 1. The lowest BCUT2D eigenvalue weighted by molar-refractivity contribution is -0.138. The summed E-state index contributed by atoms with van der Waals surface area (Å²) in [5.41, 5.74) is 2.55. The first-order valence-electron chi connectivity index (χ1n) is 6.19. The summed E-state index contributed by atoms with van der Waals surface area (Å²) >= 11 is 7.08. The molecule has 0 spiro atoms. The molecule has 0 saturated heterocycles. The van der Waals surface area contributed by atoms with E-state index in [1.165, 1.54) is 17.4 Å². The van der Waals surface area contributed by atoms with E-state index in [1.54, 1.807) is 23.5 Å². The molecule has 2 nitrogen and oxygen atoms in total. The molecule has 0 unspecified atom stereocenters. The minimum atomic E-state index is -4.40. The maximum Gasteiger partial charge on any atom is 0.416 e. The minimum absolute atomic E-state index is 0.0929. The minimum Gasteiger partial charge on any atom is -0.369 e. The maximum absolute atomic E-state index is 13.0. The molecule has 1 heterocycles. The van der Waals surface area contributed by atoms with E-state index in [1.807, 2.05) is 6.92 Å².